The second kappa shape index (κ2) is 10.3. The summed E-state index contributed by atoms with van der Waals surface area (Å²) in [7, 11) is 0. The number of imide groups is 1. The maximum absolute atomic E-state index is 13.3. The second-order valence-corrected chi connectivity index (χ2v) is 10.3. The van der Waals surface area contributed by atoms with Crippen LogP contribution in [0.25, 0.3) is 0 Å². The van der Waals surface area contributed by atoms with Gasteiger partial charge in [-0.05, 0) is 48.1 Å². The fourth-order valence-electron chi connectivity index (χ4n) is 5.42. The highest BCUT2D eigenvalue weighted by atomic mass is 79.9. The number of allylic oxidation sites excluding steroid dienone is 2. The molecule has 10 heteroatoms. The molecule has 190 valence electrons. The summed E-state index contributed by atoms with van der Waals surface area (Å²) in [6.45, 7) is -0.694. The van der Waals surface area contributed by atoms with Gasteiger partial charge in [0.05, 0.1) is 11.8 Å². The first-order valence-electron chi connectivity index (χ1n) is 11.9. The van der Waals surface area contributed by atoms with E-state index in [0.717, 1.165) is 21.4 Å². The van der Waals surface area contributed by atoms with Gasteiger partial charge in [0.15, 0.2) is 6.61 Å². The van der Waals surface area contributed by atoms with Crippen molar-refractivity contribution in [2.45, 2.75) is 18.9 Å². The Morgan fingerprint density at radius 2 is 1.54 bits per heavy atom. The van der Waals surface area contributed by atoms with Crippen LogP contribution in [0.5, 0.6) is 0 Å². The summed E-state index contributed by atoms with van der Waals surface area (Å²) in [5.41, 5.74) is 5.52. The number of esters is 1. The van der Waals surface area contributed by atoms with Crippen LogP contribution < -0.4 is 10.9 Å². The third-order valence-electron chi connectivity index (χ3n) is 7.13. The first-order chi connectivity index (χ1) is 17.8. The van der Waals surface area contributed by atoms with Crippen LogP contribution in [0.2, 0.25) is 0 Å². The Labute approximate surface area is 221 Å². The molecule has 3 aliphatic rings. The van der Waals surface area contributed by atoms with Crippen molar-refractivity contribution in [3.63, 3.8) is 0 Å². The molecule has 5 atom stereocenters. The van der Waals surface area contributed by atoms with Gasteiger partial charge in [-0.2, -0.15) is 0 Å². The highest BCUT2D eigenvalue weighted by Gasteiger charge is 2.61. The number of amides is 4. The van der Waals surface area contributed by atoms with E-state index in [2.05, 4.69) is 26.8 Å². The molecule has 2 aromatic carbocycles. The van der Waals surface area contributed by atoms with Gasteiger partial charge in [0.1, 0.15) is 6.04 Å². The van der Waals surface area contributed by atoms with Gasteiger partial charge in [-0.3, -0.25) is 34.9 Å². The number of ether oxygens (including phenoxy) is 1. The summed E-state index contributed by atoms with van der Waals surface area (Å²) in [5, 5.41) is 0. The third kappa shape index (κ3) is 4.93. The number of hydrazine groups is 1. The van der Waals surface area contributed by atoms with Crippen LogP contribution in [0.15, 0.2) is 71.2 Å². The highest BCUT2D eigenvalue weighted by molar-refractivity contribution is 9.10. The third-order valence-corrected chi connectivity index (χ3v) is 7.66. The van der Waals surface area contributed by atoms with Gasteiger partial charge in [0.2, 0.25) is 11.8 Å². The molecule has 2 N–H and O–H groups in total. The van der Waals surface area contributed by atoms with E-state index in [-0.39, 0.29) is 30.1 Å². The van der Waals surface area contributed by atoms with Crippen LogP contribution in [-0.2, 0) is 30.3 Å². The number of benzene rings is 2. The molecule has 1 heterocycles. The molecule has 1 aliphatic heterocycles. The number of carbonyl (C=O) groups is 5. The van der Waals surface area contributed by atoms with E-state index in [0.29, 0.717) is 5.56 Å². The number of halogens is 1. The highest BCUT2D eigenvalue weighted by Crippen LogP contribution is 2.53. The van der Waals surface area contributed by atoms with Gasteiger partial charge in [-0.25, -0.2) is 4.79 Å². The lowest BCUT2D eigenvalue weighted by atomic mass is 9.85. The monoisotopic (exact) mass is 565 g/mol. The predicted molar refractivity (Wildman–Crippen MR) is 134 cm³/mol. The minimum absolute atomic E-state index is 0.00459. The minimum Gasteiger partial charge on any atom is -0.454 e. The summed E-state index contributed by atoms with van der Waals surface area (Å²) < 4.78 is 6.02. The first kappa shape index (κ1) is 24.9. The van der Waals surface area contributed by atoms with Crippen LogP contribution in [0.1, 0.15) is 22.3 Å². The molecule has 0 spiro atoms. The van der Waals surface area contributed by atoms with Gasteiger partial charge in [0, 0.05) is 16.5 Å². The number of rotatable bonds is 7. The molecule has 0 radical (unpaired) electrons. The molecule has 2 aliphatic carbocycles. The Hall–Kier alpha value is -3.79. The fraction of sp³-hybridized carbons (Fsp3) is 0.296. The van der Waals surface area contributed by atoms with Crippen molar-refractivity contribution in [1.82, 2.24) is 15.8 Å². The summed E-state index contributed by atoms with van der Waals surface area (Å²) in [6.07, 6.45) is 4.82. The van der Waals surface area contributed by atoms with Gasteiger partial charge >= 0.3 is 5.97 Å². The molecule has 2 fully saturated rings. The van der Waals surface area contributed by atoms with Crippen molar-refractivity contribution in [1.29, 1.82) is 0 Å². The molecule has 0 unspecified atom stereocenters. The predicted octanol–water partition coefficient (Wildman–Crippen LogP) is 2.17. The smallest absolute Gasteiger partial charge is 0.330 e. The van der Waals surface area contributed by atoms with Crippen LogP contribution in [0.4, 0.5) is 0 Å². The quantitative estimate of drug-likeness (QED) is 0.229. The Morgan fingerprint density at radius 3 is 2.16 bits per heavy atom. The van der Waals surface area contributed by atoms with Crippen molar-refractivity contribution in [3.8, 4) is 0 Å². The molecular weight excluding hydrogens is 542 g/mol. The van der Waals surface area contributed by atoms with Crippen molar-refractivity contribution in [2.75, 3.05) is 6.61 Å². The van der Waals surface area contributed by atoms with Crippen LogP contribution in [0, 0.1) is 23.7 Å². The lowest BCUT2D eigenvalue weighted by Gasteiger charge is -2.26. The van der Waals surface area contributed by atoms with E-state index in [1.165, 1.54) is 0 Å². The molecule has 1 saturated heterocycles. The maximum Gasteiger partial charge on any atom is 0.330 e. The lowest BCUT2D eigenvalue weighted by molar-refractivity contribution is -0.160. The van der Waals surface area contributed by atoms with Crippen molar-refractivity contribution in [3.05, 3.63) is 82.3 Å². The van der Waals surface area contributed by atoms with Gasteiger partial charge in [0.25, 0.3) is 11.8 Å². The summed E-state index contributed by atoms with van der Waals surface area (Å²) in [5.74, 6) is -3.80. The average Bonchev–Trinajstić information content (AvgIpc) is 3.59. The van der Waals surface area contributed by atoms with E-state index in [1.807, 2.05) is 18.2 Å². The largest absolute Gasteiger partial charge is 0.454 e. The van der Waals surface area contributed by atoms with E-state index in [9.17, 15) is 24.0 Å². The van der Waals surface area contributed by atoms with Crippen molar-refractivity contribution in [2.24, 2.45) is 23.7 Å². The average molecular weight is 566 g/mol. The first-order valence-corrected chi connectivity index (χ1v) is 12.7. The van der Waals surface area contributed by atoms with E-state index in [1.54, 1.807) is 48.5 Å². The minimum atomic E-state index is -1.20. The molecule has 9 nitrogen and oxygen atoms in total. The number of hydrogen-bond acceptors (Lipinski definition) is 6. The number of carbonyl (C=O) groups excluding carboxylic acids is 5. The maximum atomic E-state index is 13.3. The number of hydrogen-bond donors (Lipinski definition) is 2. The van der Waals surface area contributed by atoms with Crippen molar-refractivity contribution >= 4 is 45.5 Å². The van der Waals surface area contributed by atoms with Crippen LogP contribution in [0.3, 0.4) is 0 Å². The zero-order valence-corrected chi connectivity index (χ0v) is 21.2. The topological polar surface area (TPSA) is 122 Å². The van der Waals surface area contributed by atoms with E-state index < -0.39 is 42.3 Å². The molecule has 2 aromatic rings. The fourth-order valence-corrected chi connectivity index (χ4v) is 5.68. The molecule has 2 bridgehead atoms. The standard InChI is InChI=1S/C27H24BrN3O6/c28-19-10-8-16(9-11-19)24(33)30-29-21(32)14-37-27(36)20(12-15-4-2-1-3-5-15)31-25(34)22-17-6-7-18(13-17)23(22)26(31)35/h1-11,17-18,20,22-23H,12-14H2,(H,29,32)(H,30,33)/t17-,18-,20+,22-,23+/m0/s1. The van der Waals surface area contributed by atoms with Gasteiger partial charge in [-0.1, -0.05) is 58.4 Å². The van der Waals surface area contributed by atoms with Gasteiger partial charge < -0.3 is 4.74 Å². The molecule has 5 rings (SSSR count). The van der Waals surface area contributed by atoms with Crippen LogP contribution >= 0.6 is 15.9 Å². The van der Waals surface area contributed by atoms with E-state index >= 15 is 0 Å². The zero-order valence-electron chi connectivity index (χ0n) is 19.6. The van der Waals surface area contributed by atoms with Crippen LogP contribution in [-0.4, -0.2) is 47.1 Å². The normalized spacial score (nSPS) is 24.1. The zero-order chi connectivity index (χ0) is 26.1. The Balaban J connectivity index is 1.24. The molecule has 4 amide bonds. The molecule has 37 heavy (non-hydrogen) atoms. The summed E-state index contributed by atoms with van der Waals surface area (Å²) in [4.78, 5) is 65.3. The van der Waals surface area contributed by atoms with Crippen molar-refractivity contribution < 1.29 is 28.7 Å². The Bertz CT molecular complexity index is 1250. The molecule has 0 aromatic heterocycles. The summed E-state index contributed by atoms with van der Waals surface area (Å²) in [6, 6.07) is 14.3. The number of nitrogens with zero attached hydrogens (tertiary/aromatic N) is 1. The Morgan fingerprint density at radius 1 is 0.919 bits per heavy atom. The molecule has 1 saturated carbocycles. The summed E-state index contributed by atoms with van der Waals surface area (Å²) >= 11 is 3.28. The second-order valence-electron chi connectivity index (χ2n) is 9.37. The Kier molecular flexibility index (Phi) is 6.92. The SMILES string of the molecule is O=C(COC(=O)[C@@H](Cc1ccccc1)N1C(=O)[C@@H]2[C@H](C1=O)[C@H]1C=C[C@H]2C1)NNC(=O)c1ccc(Br)cc1. The van der Waals surface area contributed by atoms with E-state index in [4.69, 9.17) is 4.74 Å². The lowest BCUT2D eigenvalue weighted by Crippen LogP contribution is -2.49. The number of nitrogens with one attached hydrogen (secondary N) is 2. The van der Waals surface area contributed by atoms with Gasteiger partial charge in [-0.15, -0.1) is 0 Å². The molecular formula is C27H24BrN3O6. The number of likely N-dealkylation sites (tertiary alicyclic amines) is 1. The number of fused-ring (bicyclic) bond motifs is 5.